The molecule has 2 N–H and O–H groups in total. The van der Waals surface area contributed by atoms with Crippen LogP contribution in [0.3, 0.4) is 0 Å². The van der Waals surface area contributed by atoms with Crippen LogP contribution in [0.4, 0.5) is 11.4 Å². The minimum Gasteiger partial charge on any atom is -0.497 e. The zero-order valence-electron chi connectivity index (χ0n) is 14.6. The first-order valence-electron chi connectivity index (χ1n) is 7.77. The molecule has 0 aliphatic heterocycles. The van der Waals surface area contributed by atoms with E-state index in [0.717, 1.165) is 5.56 Å². The number of hydrogen-bond acceptors (Lipinski definition) is 3. The van der Waals surface area contributed by atoms with Gasteiger partial charge in [0.25, 0.3) is 0 Å². The number of carbonyl (C=O) groups excluding carboxylic acids is 2. The first-order valence-corrected chi connectivity index (χ1v) is 8.15. The topological polar surface area (TPSA) is 67.4 Å². The molecule has 0 spiro atoms. The predicted molar refractivity (Wildman–Crippen MR) is 100 cm³/mol. The van der Waals surface area contributed by atoms with Gasteiger partial charge in [-0.1, -0.05) is 23.7 Å². The van der Waals surface area contributed by atoms with E-state index in [1.807, 2.05) is 6.92 Å². The van der Waals surface area contributed by atoms with Gasteiger partial charge in [-0.2, -0.15) is 0 Å². The summed E-state index contributed by atoms with van der Waals surface area (Å²) in [6.45, 7) is 5.00. The van der Waals surface area contributed by atoms with Crippen molar-refractivity contribution in [2.24, 2.45) is 5.41 Å². The zero-order valence-corrected chi connectivity index (χ0v) is 15.4. The lowest BCUT2D eigenvalue weighted by atomic mass is 9.90. The summed E-state index contributed by atoms with van der Waals surface area (Å²) in [7, 11) is 1.55. The molecule has 0 aliphatic carbocycles. The van der Waals surface area contributed by atoms with Gasteiger partial charge in [0, 0.05) is 22.5 Å². The second-order valence-electron chi connectivity index (χ2n) is 6.23. The number of ether oxygens (including phenoxy) is 1. The third kappa shape index (κ3) is 4.51. The average molecular weight is 361 g/mol. The molecule has 0 unspecified atom stereocenters. The van der Waals surface area contributed by atoms with Gasteiger partial charge in [-0.15, -0.1) is 0 Å². The van der Waals surface area contributed by atoms with Crippen LogP contribution in [0.1, 0.15) is 19.4 Å². The Bertz CT molecular complexity index is 803. The van der Waals surface area contributed by atoms with Gasteiger partial charge >= 0.3 is 0 Å². The smallest absolute Gasteiger partial charge is 0.239 e. The molecule has 0 aromatic heterocycles. The maximum atomic E-state index is 12.5. The molecule has 0 fully saturated rings. The summed E-state index contributed by atoms with van der Waals surface area (Å²) in [4.78, 5) is 25.1. The van der Waals surface area contributed by atoms with Crippen LogP contribution in [0, 0.1) is 12.3 Å². The molecule has 0 aliphatic rings. The van der Waals surface area contributed by atoms with E-state index in [1.54, 1.807) is 63.4 Å². The first kappa shape index (κ1) is 18.8. The van der Waals surface area contributed by atoms with E-state index in [4.69, 9.17) is 16.3 Å². The lowest BCUT2D eigenvalue weighted by Crippen LogP contribution is -2.41. The van der Waals surface area contributed by atoms with Crippen LogP contribution in [0.5, 0.6) is 5.75 Å². The van der Waals surface area contributed by atoms with Crippen LogP contribution in [0.2, 0.25) is 5.02 Å². The average Bonchev–Trinajstić information content (AvgIpc) is 2.58. The molecule has 0 atom stereocenters. The van der Waals surface area contributed by atoms with Gasteiger partial charge in [0.1, 0.15) is 11.2 Å². The minimum atomic E-state index is -1.28. The second-order valence-corrected chi connectivity index (χ2v) is 6.64. The number of hydrogen-bond donors (Lipinski definition) is 2. The van der Waals surface area contributed by atoms with E-state index in [2.05, 4.69) is 10.6 Å². The maximum Gasteiger partial charge on any atom is 0.239 e. The number of aryl methyl sites for hydroxylation is 1. The Labute approximate surface area is 152 Å². The van der Waals surface area contributed by atoms with E-state index < -0.39 is 17.2 Å². The lowest BCUT2D eigenvalue weighted by Gasteiger charge is -2.23. The Morgan fingerprint density at radius 1 is 1.00 bits per heavy atom. The van der Waals surface area contributed by atoms with Crippen molar-refractivity contribution < 1.29 is 14.3 Å². The molecule has 2 rings (SSSR count). The fourth-order valence-corrected chi connectivity index (χ4v) is 2.23. The normalized spacial score (nSPS) is 10.9. The van der Waals surface area contributed by atoms with Crippen LogP contribution < -0.4 is 15.4 Å². The van der Waals surface area contributed by atoms with Crippen molar-refractivity contribution in [2.75, 3.05) is 17.7 Å². The van der Waals surface area contributed by atoms with Crippen molar-refractivity contribution in [3.05, 3.63) is 53.1 Å². The molecule has 0 bridgehead atoms. The molecular weight excluding hydrogens is 340 g/mol. The van der Waals surface area contributed by atoms with E-state index in [9.17, 15) is 9.59 Å². The number of methoxy groups -OCH3 is 1. The molecule has 132 valence electrons. The molecule has 6 heteroatoms. The lowest BCUT2D eigenvalue weighted by molar-refractivity contribution is -0.135. The number of benzene rings is 2. The van der Waals surface area contributed by atoms with E-state index in [0.29, 0.717) is 22.1 Å². The van der Waals surface area contributed by atoms with Crippen LogP contribution >= 0.6 is 11.6 Å². The predicted octanol–water partition coefficient (Wildman–Crippen LogP) is 4.26. The standard InChI is InChI=1S/C19H21ClN2O3/c1-12-8-9-14(11-16(12)20)22-18(24)19(2,3)17(23)21-13-6-5-7-15(10-13)25-4/h5-11H,1-4H3,(H,21,23)(H,22,24). The Morgan fingerprint density at radius 3 is 2.16 bits per heavy atom. The largest absolute Gasteiger partial charge is 0.497 e. The first-order chi connectivity index (χ1) is 11.7. The van der Waals surface area contributed by atoms with Gasteiger partial charge in [-0.25, -0.2) is 0 Å². The quantitative estimate of drug-likeness (QED) is 0.783. The van der Waals surface area contributed by atoms with Crippen molar-refractivity contribution in [3.63, 3.8) is 0 Å². The van der Waals surface area contributed by atoms with Crippen molar-refractivity contribution in [1.82, 2.24) is 0 Å². The number of rotatable bonds is 5. The molecule has 5 nitrogen and oxygen atoms in total. The summed E-state index contributed by atoms with van der Waals surface area (Å²) in [6, 6.07) is 12.2. The van der Waals surface area contributed by atoms with Gasteiger partial charge in [-0.05, 0) is 50.6 Å². The van der Waals surface area contributed by atoms with E-state index in [1.165, 1.54) is 0 Å². The molecule has 2 amide bonds. The fraction of sp³-hybridized carbons (Fsp3) is 0.263. The molecule has 0 radical (unpaired) electrons. The van der Waals surface area contributed by atoms with Crippen LogP contribution in [0.25, 0.3) is 0 Å². The van der Waals surface area contributed by atoms with E-state index in [-0.39, 0.29) is 0 Å². The van der Waals surface area contributed by atoms with E-state index >= 15 is 0 Å². The molecule has 25 heavy (non-hydrogen) atoms. The fourth-order valence-electron chi connectivity index (χ4n) is 2.05. The second kappa shape index (κ2) is 7.57. The number of carbonyl (C=O) groups is 2. The Hall–Kier alpha value is -2.53. The Kier molecular flexibility index (Phi) is 5.69. The molecule has 2 aromatic carbocycles. The number of halogens is 1. The number of anilines is 2. The minimum absolute atomic E-state index is 0.420. The maximum absolute atomic E-state index is 12.5. The third-order valence-electron chi connectivity index (χ3n) is 3.89. The SMILES string of the molecule is COc1cccc(NC(=O)C(C)(C)C(=O)Nc2ccc(C)c(Cl)c2)c1. The van der Waals surface area contributed by atoms with Crippen molar-refractivity contribution in [2.45, 2.75) is 20.8 Å². The number of amides is 2. The molecule has 0 saturated carbocycles. The van der Waals surface area contributed by atoms with Gasteiger partial charge < -0.3 is 15.4 Å². The highest BCUT2D eigenvalue weighted by Crippen LogP contribution is 2.25. The summed E-state index contributed by atoms with van der Waals surface area (Å²) in [5, 5.41) is 6.02. The summed E-state index contributed by atoms with van der Waals surface area (Å²) in [5.74, 6) is -0.223. The molecule has 0 heterocycles. The van der Waals surface area contributed by atoms with Crippen molar-refractivity contribution in [1.29, 1.82) is 0 Å². The highest BCUT2D eigenvalue weighted by molar-refractivity contribution is 6.31. The van der Waals surface area contributed by atoms with Gasteiger partial charge in [0.05, 0.1) is 7.11 Å². The monoisotopic (exact) mass is 360 g/mol. The summed E-state index contributed by atoms with van der Waals surface area (Å²) >= 11 is 6.07. The molecular formula is C19H21ClN2O3. The third-order valence-corrected chi connectivity index (χ3v) is 4.30. The summed E-state index contributed by atoms with van der Waals surface area (Å²) in [6.07, 6.45) is 0. The Morgan fingerprint density at radius 2 is 1.60 bits per heavy atom. The van der Waals surface area contributed by atoms with Gasteiger partial charge in [0.15, 0.2) is 0 Å². The van der Waals surface area contributed by atoms with Gasteiger partial charge in [0.2, 0.25) is 11.8 Å². The van der Waals surface area contributed by atoms with Gasteiger partial charge in [-0.3, -0.25) is 9.59 Å². The highest BCUT2D eigenvalue weighted by Gasteiger charge is 2.36. The van der Waals surface area contributed by atoms with Crippen molar-refractivity contribution >= 4 is 34.8 Å². The zero-order chi connectivity index (χ0) is 18.6. The molecule has 2 aromatic rings. The van der Waals surface area contributed by atoms with Crippen LogP contribution in [0.15, 0.2) is 42.5 Å². The Balaban J connectivity index is 2.11. The van der Waals surface area contributed by atoms with Crippen LogP contribution in [-0.4, -0.2) is 18.9 Å². The van der Waals surface area contributed by atoms with Crippen LogP contribution in [-0.2, 0) is 9.59 Å². The molecule has 0 saturated heterocycles. The summed E-state index contributed by atoms with van der Waals surface area (Å²) in [5.41, 5.74) is 0.738. The highest BCUT2D eigenvalue weighted by atomic mass is 35.5. The van der Waals surface area contributed by atoms with Crippen molar-refractivity contribution in [3.8, 4) is 5.75 Å². The summed E-state index contributed by atoms with van der Waals surface area (Å²) < 4.78 is 5.13. The number of nitrogens with one attached hydrogen (secondary N) is 2.